The van der Waals surface area contributed by atoms with Crippen molar-refractivity contribution in [1.29, 1.82) is 0 Å². The highest BCUT2D eigenvalue weighted by atomic mass is 35.5. The molecular weight excluding hydrogens is 348 g/mol. The monoisotopic (exact) mass is 367 g/mol. The van der Waals surface area contributed by atoms with Gasteiger partial charge in [-0.05, 0) is 36.9 Å². The second-order valence-corrected chi connectivity index (χ2v) is 5.42. The van der Waals surface area contributed by atoms with E-state index in [1.165, 1.54) is 17.7 Å². The molecule has 128 valence electrons. The van der Waals surface area contributed by atoms with Crippen molar-refractivity contribution in [3.05, 3.63) is 77.9 Å². The zero-order valence-electron chi connectivity index (χ0n) is 13.3. The Bertz CT molecular complexity index is 730. The lowest BCUT2D eigenvalue weighted by atomic mass is 10.2. The number of aromatic amines is 1. The van der Waals surface area contributed by atoms with Crippen molar-refractivity contribution in [3.63, 3.8) is 0 Å². The topological polar surface area (TPSA) is 31.9 Å². The van der Waals surface area contributed by atoms with Crippen LogP contribution in [0.1, 0.15) is 11.3 Å². The zero-order valence-corrected chi connectivity index (χ0v) is 14.9. The Labute approximate surface area is 153 Å². The van der Waals surface area contributed by atoms with Gasteiger partial charge in [0.25, 0.3) is 0 Å². The Hall–Kier alpha value is -1.88. The van der Waals surface area contributed by atoms with Crippen molar-refractivity contribution < 1.29 is 4.39 Å². The summed E-state index contributed by atoms with van der Waals surface area (Å²) in [5.41, 5.74) is 3.21. The summed E-state index contributed by atoms with van der Waals surface area (Å²) in [6.45, 7) is 1.66. The van der Waals surface area contributed by atoms with E-state index in [0.29, 0.717) is 0 Å². The number of nitrogens with one attached hydrogen (secondary N) is 1. The first-order chi connectivity index (χ1) is 10.7. The van der Waals surface area contributed by atoms with E-state index in [9.17, 15) is 4.39 Å². The number of aromatic nitrogens is 2. The van der Waals surface area contributed by atoms with E-state index in [1.54, 1.807) is 12.1 Å². The Morgan fingerprint density at radius 2 is 1.62 bits per heavy atom. The Morgan fingerprint density at radius 1 is 0.958 bits per heavy atom. The highest BCUT2D eigenvalue weighted by Crippen LogP contribution is 2.17. The molecule has 6 heteroatoms. The van der Waals surface area contributed by atoms with Crippen molar-refractivity contribution in [2.45, 2.75) is 13.1 Å². The summed E-state index contributed by atoms with van der Waals surface area (Å²) >= 11 is 0. The Kier molecular flexibility index (Phi) is 7.92. The Balaban J connectivity index is 0.00000144. The largest absolute Gasteiger partial charge is 0.341 e. The molecule has 0 atom stereocenters. The normalized spacial score (nSPS) is 10.1. The maximum atomic E-state index is 12.9. The van der Waals surface area contributed by atoms with E-state index in [-0.39, 0.29) is 30.6 Å². The number of imidazole rings is 1. The van der Waals surface area contributed by atoms with Crippen LogP contribution >= 0.6 is 24.8 Å². The van der Waals surface area contributed by atoms with E-state index in [0.717, 1.165) is 30.2 Å². The third kappa shape index (κ3) is 5.34. The maximum Gasteiger partial charge on any atom is 0.137 e. The van der Waals surface area contributed by atoms with Gasteiger partial charge in [-0.2, -0.15) is 0 Å². The average molecular weight is 368 g/mol. The summed E-state index contributed by atoms with van der Waals surface area (Å²) in [7, 11) is 2.07. The van der Waals surface area contributed by atoms with Crippen LogP contribution in [0.5, 0.6) is 0 Å². The highest BCUT2D eigenvalue weighted by molar-refractivity contribution is 5.85. The number of halogens is 3. The molecule has 0 saturated heterocycles. The van der Waals surface area contributed by atoms with Crippen LogP contribution in [0, 0.1) is 5.82 Å². The first-order valence-electron chi connectivity index (χ1n) is 7.23. The number of benzene rings is 2. The van der Waals surface area contributed by atoms with E-state index in [4.69, 9.17) is 0 Å². The van der Waals surface area contributed by atoms with Crippen LogP contribution < -0.4 is 0 Å². The van der Waals surface area contributed by atoms with Gasteiger partial charge in [-0.15, -0.1) is 24.8 Å². The molecule has 1 heterocycles. The predicted molar refractivity (Wildman–Crippen MR) is 100 cm³/mol. The fourth-order valence-electron chi connectivity index (χ4n) is 2.44. The first-order valence-corrected chi connectivity index (χ1v) is 7.23. The predicted octanol–water partition coefficient (Wildman–Crippen LogP) is 4.69. The first kappa shape index (κ1) is 20.2. The standard InChI is InChI=1S/C18H18FN3.2ClH/c1-22(12-14-5-3-2-4-6-14)13-17-11-20-18(21-17)15-7-9-16(19)10-8-15;;/h2-11H,12-13H2,1H3,(H,20,21);2*1H. The van der Waals surface area contributed by atoms with Crippen LogP contribution in [-0.4, -0.2) is 21.9 Å². The number of hydrogen-bond donors (Lipinski definition) is 1. The summed E-state index contributed by atoms with van der Waals surface area (Å²) in [6, 6.07) is 16.7. The van der Waals surface area contributed by atoms with Crippen molar-refractivity contribution in [1.82, 2.24) is 14.9 Å². The lowest BCUT2D eigenvalue weighted by molar-refractivity contribution is 0.315. The fourth-order valence-corrected chi connectivity index (χ4v) is 2.44. The summed E-state index contributed by atoms with van der Waals surface area (Å²) in [6.07, 6.45) is 1.83. The minimum absolute atomic E-state index is 0. The van der Waals surface area contributed by atoms with Gasteiger partial charge < -0.3 is 4.98 Å². The molecule has 3 rings (SSSR count). The third-order valence-corrected chi connectivity index (χ3v) is 3.48. The average Bonchev–Trinajstić information content (AvgIpc) is 2.97. The lowest BCUT2D eigenvalue weighted by Crippen LogP contribution is -2.17. The van der Waals surface area contributed by atoms with Gasteiger partial charge in [-0.1, -0.05) is 30.3 Å². The van der Waals surface area contributed by atoms with Gasteiger partial charge in [-0.3, -0.25) is 4.90 Å². The molecule has 24 heavy (non-hydrogen) atoms. The van der Waals surface area contributed by atoms with Gasteiger partial charge in [-0.25, -0.2) is 9.37 Å². The molecule has 0 fully saturated rings. The lowest BCUT2D eigenvalue weighted by Gasteiger charge is -2.15. The minimum Gasteiger partial charge on any atom is -0.341 e. The highest BCUT2D eigenvalue weighted by Gasteiger charge is 2.07. The van der Waals surface area contributed by atoms with Crippen LogP contribution in [0.4, 0.5) is 4.39 Å². The van der Waals surface area contributed by atoms with E-state index in [1.807, 2.05) is 24.4 Å². The molecule has 3 nitrogen and oxygen atoms in total. The summed E-state index contributed by atoms with van der Waals surface area (Å²) < 4.78 is 12.9. The summed E-state index contributed by atoms with van der Waals surface area (Å²) in [5, 5.41) is 0. The van der Waals surface area contributed by atoms with Gasteiger partial charge in [0.05, 0.1) is 0 Å². The molecule has 0 aliphatic carbocycles. The van der Waals surface area contributed by atoms with Crippen LogP contribution in [-0.2, 0) is 13.1 Å². The molecule has 2 aromatic carbocycles. The van der Waals surface area contributed by atoms with Crippen molar-refractivity contribution >= 4 is 24.8 Å². The van der Waals surface area contributed by atoms with Crippen molar-refractivity contribution in [3.8, 4) is 11.4 Å². The molecular formula is C18H20Cl2FN3. The van der Waals surface area contributed by atoms with Gasteiger partial charge in [0.2, 0.25) is 0 Å². The quantitative estimate of drug-likeness (QED) is 0.709. The van der Waals surface area contributed by atoms with Crippen LogP contribution in [0.25, 0.3) is 11.4 Å². The van der Waals surface area contributed by atoms with Crippen molar-refractivity contribution in [2.75, 3.05) is 7.05 Å². The molecule has 0 amide bonds. The molecule has 0 aliphatic rings. The smallest absolute Gasteiger partial charge is 0.137 e. The van der Waals surface area contributed by atoms with Crippen LogP contribution in [0.2, 0.25) is 0 Å². The Morgan fingerprint density at radius 3 is 2.29 bits per heavy atom. The minimum atomic E-state index is -0.238. The molecule has 0 radical (unpaired) electrons. The second kappa shape index (κ2) is 9.42. The third-order valence-electron chi connectivity index (χ3n) is 3.48. The zero-order chi connectivity index (χ0) is 15.4. The number of hydrogen-bond acceptors (Lipinski definition) is 2. The summed E-state index contributed by atoms with van der Waals surface area (Å²) in [5.74, 6) is 0.529. The van der Waals surface area contributed by atoms with Gasteiger partial charge in [0.15, 0.2) is 0 Å². The maximum absolute atomic E-state index is 12.9. The number of H-pyrrole nitrogens is 1. The van der Waals surface area contributed by atoms with Crippen LogP contribution in [0.15, 0.2) is 60.8 Å². The molecule has 0 unspecified atom stereocenters. The molecule has 0 spiro atoms. The number of nitrogens with zero attached hydrogens (tertiary/aromatic N) is 2. The SMILES string of the molecule is CN(Cc1ccccc1)Cc1cnc(-c2ccc(F)cc2)[nH]1.Cl.Cl. The van der Waals surface area contributed by atoms with E-state index < -0.39 is 0 Å². The van der Waals surface area contributed by atoms with E-state index in [2.05, 4.69) is 34.0 Å². The fraction of sp³-hybridized carbons (Fsp3) is 0.167. The van der Waals surface area contributed by atoms with Gasteiger partial charge >= 0.3 is 0 Å². The second-order valence-electron chi connectivity index (χ2n) is 5.42. The van der Waals surface area contributed by atoms with Gasteiger partial charge in [0, 0.05) is 30.5 Å². The molecule has 1 N–H and O–H groups in total. The molecule has 0 bridgehead atoms. The number of rotatable bonds is 5. The van der Waals surface area contributed by atoms with Crippen molar-refractivity contribution in [2.24, 2.45) is 0 Å². The molecule has 3 aromatic rings. The summed E-state index contributed by atoms with van der Waals surface area (Å²) in [4.78, 5) is 9.88. The molecule has 0 saturated carbocycles. The van der Waals surface area contributed by atoms with Crippen LogP contribution in [0.3, 0.4) is 0 Å². The molecule has 1 aromatic heterocycles. The van der Waals surface area contributed by atoms with Gasteiger partial charge in [0.1, 0.15) is 11.6 Å². The molecule has 0 aliphatic heterocycles. The van der Waals surface area contributed by atoms with E-state index >= 15 is 0 Å².